The molecule has 1 aliphatic carbocycles. The van der Waals surface area contributed by atoms with Gasteiger partial charge in [-0.25, -0.2) is 0 Å². The van der Waals surface area contributed by atoms with E-state index in [1.807, 2.05) is 4.90 Å². The van der Waals surface area contributed by atoms with E-state index in [4.69, 9.17) is 4.74 Å². The minimum Gasteiger partial charge on any atom is -0.380 e. The van der Waals surface area contributed by atoms with Gasteiger partial charge in [0.2, 0.25) is 5.91 Å². The molecular weight excluding hydrogens is 310 g/mol. The smallest absolute Gasteiger partial charge is 0.252 e. The van der Waals surface area contributed by atoms with Crippen molar-refractivity contribution < 1.29 is 19.4 Å². The zero-order valence-corrected chi connectivity index (χ0v) is 14.3. The van der Waals surface area contributed by atoms with Gasteiger partial charge in [-0.15, -0.1) is 0 Å². The number of carbonyl (C=O) groups excluding carboxylic acids is 2. The van der Waals surface area contributed by atoms with Gasteiger partial charge >= 0.3 is 0 Å². The molecule has 2 aliphatic heterocycles. The van der Waals surface area contributed by atoms with Gasteiger partial charge in [0.25, 0.3) is 5.91 Å². The SMILES string of the molecule is O=C1C(NC(=O)C2(O)CCCC2)CCCN1CCN1CCOCC1. The number of likely N-dealkylation sites (tertiary alicyclic amines) is 1. The van der Waals surface area contributed by atoms with Gasteiger partial charge in [-0.1, -0.05) is 0 Å². The van der Waals surface area contributed by atoms with Crippen LogP contribution in [0.5, 0.6) is 0 Å². The van der Waals surface area contributed by atoms with E-state index in [1.54, 1.807) is 0 Å². The number of morpholine rings is 1. The number of carbonyl (C=O) groups is 2. The number of rotatable bonds is 5. The van der Waals surface area contributed by atoms with Gasteiger partial charge in [-0.2, -0.15) is 0 Å². The summed E-state index contributed by atoms with van der Waals surface area (Å²) in [5, 5.41) is 13.2. The van der Waals surface area contributed by atoms with Crippen molar-refractivity contribution in [2.75, 3.05) is 45.9 Å². The molecule has 0 aromatic rings. The molecule has 0 spiro atoms. The maximum Gasteiger partial charge on any atom is 0.252 e. The van der Waals surface area contributed by atoms with Crippen LogP contribution in [0.2, 0.25) is 0 Å². The summed E-state index contributed by atoms with van der Waals surface area (Å²) in [6.07, 6.45) is 4.29. The first-order valence-electron chi connectivity index (χ1n) is 9.21. The Hall–Kier alpha value is -1.18. The number of ether oxygens (including phenoxy) is 1. The molecule has 2 N–H and O–H groups in total. The lowest BCUT2D eigenvalue weighted by atomic mass is 9.98. The van der Waals surface area contributed by atoms with Crippen LogP contribution >= 0.6 is 0 Å². The molecule has 3 rings (SSSR count). The summed E-state index contributed by atoms with van der Waals surface area (Å²) in [5.41, 5.74) is -1.27. The third kappa shape index (κ3) is 4.07. The number of aliphatic hydroxyl groups is 1. The molecule has 1 atom stereocenters. The zero-order chi connectivity index (χ0) is 17.0. The van der Waals surface area contributed by atoms with Crippen molar-refractivity contribution in [1.29, 1.82) is 0 Å². The van der Waals surface area contributed by atoms with Crippen molar-refractivity contribution in [3.63, 3.8) is 0 Å². The molecule has 0 aromatic carbocycles. The highest BCUT2D eigenvalue weighted by atomic mass is 16.5. The maximum atomic E-state index is 12.6. The van der Waals surface area contributed by atoms with Crippen LogP contribution in [0.1, 0.15) is 38.5 Å². The molecule has 1 unspecified atom stereocenters. The van der Waals surface area contributed by atoms with Crippen molar-refractivity contribution >= 4 is 11.8 Å². The highest BCUT2D eigenvalue weighted by Crippen LogP contribution is 2.30. The first kappa shape index (κ1) is 17.6. The Morgan fingerprint density at radius 1 is 1.17 bits per heavy atom. The lowest BCUT2D eigenvalue weighted by Gasteiger charge is -2.36. The van der Waals surface area contributed by atoms with E-state index in [2.05, 4.69) is 10.2 Å². The van der Waals surface area contributed by atoms with Crippen molar-refractivity contribution in [2.24, 2.45) is 0 Å². The summed E-state index contributed by atoms with van der Waals surface area (Å²) in [7, 11) is 0. The third-order valence-electron chi connectivity index (χ3n) is 5.48. The van der Waals surface area contributed by atoms with Crippen molar-refractivity contribution in [2.45, 2.75) is 50.2 Å². The lowest BCUT2D eigenvalue weighted by Crippen LogP contribution is -2.57. The molecule has 0 aromatic heterocycles. The van der Waals surface area contributed by atoms with E-state index in [1.165, 1.54) is 0 Å². The zero-order valence-electron chi connectivity index (χ0n) is 14.3. The van der Waals surface area contributed by atoms with Crippen LogP contribution in [0.15, 0.2) is 0 Å². The van der Waals surface area contributed by atoms with E-state index in [0.717, 1.165) is 58.7 Å². The van der Waals surface area contributed by atoms with Crippen LogP contribution in [0.25, 0.3) is 0 Å². The largest absolute Gasteiger partial charge is 0.380 e. The fraction of sp³-hybridized carbons (Fsp3) is 0.882. The van der Waals surface area contributed by atoms with Gasteiger partial charge in [-0.05, 0) is 38.5 Å². The molecule has 2 heterocycles. The second-order valence-electron chi connectivity index (χ2n) is 7.19. The quantitative estimate of drug-likeness (QED) is 0.721. The minimum atomic E-state index is -1.27. The first-order valence-corrected chi connectivity index (χ1v) is 9.21. The van der Waals surface area contributed by atoms with Crippen LogP contribution in [0.4, 0.5) is 0 Å². The molecule has 2 amide bonds. The summed E-state index contributed by atoms with van der Waals surface area (Å²) in [6.45, 7) is 5.62. The molecule has 24 heavy (non-hydrogen) atoms. The van der Waals surface area contributed by atoms with E-state index in [0.29, 0.717) is 25.8 Å². The predicted octanol–water partition coefficient (Wildman–Crippen LogP) is -0.269. The van der Waals surface area contributed by atoms with Crippen LogP contribution in [0, 0.1) is 0 Å². The topological polar surface area (TPSA) is 82.1 Å². The number of amides is 2. The van der Waals surface area contributed by atoms with E-state index >= 15 is 0 Å². The Morgan fingerprint density at radius 2 is 1.88 bits per heavy atom. The van der Waals surface area contributed by atoms with E-state index in [9.17, 15) is 14.7 Å². The van der Waals surface area contributed by atoms with Gasteiger partial charge in [0.1, 0.15) is 11.6 Å². The molecular formula is C17H29N3O4. The molecule has 2 saturated heterocycles. The van der Waals surface area contributed by atoms with Crippen molar-refractivity contribution in [1.82, 2.24) is 15.1 Å². The fourth-order valence-corrected chi connectivity index (χ4v) is 3.86. The minimum absolute atomic E-state index is 0.00976. The number of hydrogen-bond donors (Lipinski definition) is 2. The van der Waals surface area contributed by atoms with Gasteiger partial charge in [-0.3, -0.25) is 14.5 Å². The normalized spacial score (nSPS) is 28.1. The fourth-order valence-electron chi connectivity index (χ4n) is 3.86. The van der Waals surface area contributed by atoms with Gasteiger partial charge in [0, 0.05) is 32.7 Å². The highest BCUT2D eigenvalue weighted by molar-refractivity contribution is 5.91. The van der Waals surface area contributed by atoms with Gasteiger partial charge < -0.3 is 20.1 Å². The molecule has 7 nitrogen and oxygen atoms in total. The molecule has 136 valence electrons. The Bertz CT molecular complexity index is 459. The summed E-state index contributed by atoms with van der Waals surface area (Å²) in [4.78, 5) is 29.1. The Balaban J connectivity index is 1.49. The Morgan fingerprint density at radius 3 is 2.58 bits per heavy atom. The summed E-state index contributed by atoms with van der Waals surface area (Å²) < 4.78 is 5.34. The second-order valence-corrected chi connectivity index (χ2v) is 7.19. The molecule has 0 bridgehead atoms. The maximum absolute atomic E-state index is 12.6. The third-order valence-corrected chi connectivity index (χ3v) is 5.48. The average molecular weight is 339 g/mol. The number of hydrogen-bond acceptors (Lipinski definition) is 5. The second kappa shape index (κ2) is 7.80. The Kier molecular flexibility index (Phi) is 5.73. The summed E-state index contributed by atoms with van der Waals surface area (Å²) >= 11 is 0. The molecule has 1 saturated carbocycles. The summed E-state index contributed by atoms with van der Waals surface area (Å²) in [6, 6.07) is -0.486. The predicted molar refractivity (Wildman–Crippen MR) is 88.4 cm³/mol. The van der Waals surface area contributed by atoms with Crippen LogP contribution < -0.4 is 5.32 Å². The van der Waals surface area contributed by atoms with E-state index in [-0.39, 0.29) is 11.8 Å². The summed E-state index contributed by atoms with van der Waals surface area (Å²) in [5.74, 6) is -0.377. The Labute approximate surface area is 143 Å². The lowest BCUT2D eigenvalue weighted by molar-refractivity contribution is -0.146. The molecule has 7 heteroatoms. The van der Waals surface area contributed by atoms with Crippen molar-refractivity contribution in [3.8, 4) is 0 Å². The van der Waals surface area contributed by atoms with Crippen molar-refractivity contribution in [3.05, 3.63) is 0 Å². The van der Waals surface area contributed by atoms with E-state index < -0.39 is 11.6 Å². The molecule has 3 aliphatic rings. The monoisotopic (exact) mass is 339 g/mol. The number of nitrogens with one attached hydrogen (secondary N) is 1. The number of nitrogens with zero attached hydrogens (tertiary/aromatic N) is 2. The average Bonchev–Trinajstić information content (AvgIpc) is 3.04. The van der Waals surface area contributed by atoms with Gasteiger partial charge in [0.15, 0.2) is 0 Å². The standard InChI is InChI=1S/C17H29N3O4/c21-15-14(18-16(22)17(23)5-1-2-6-17)4-3-7-20(15)9-8-19-10-12-24-13-11-19/h14,23H,1-13H2,(H,18,22). The first-order chi connectivity index (χ1) is 11.6. The van der Waals surface area contributed by atoms with Crippen LogP contribution in [-0.2, 0) is 14.3 Å². The van der Waals surface area contributed by atoms with Crippen LogP contribution in [0.3, 0.4) is 0 Å². The molecule has 0 radical (unpaired) electrons. The number of piperidine rings is 1. The van der Waals surface area contributed by atoms with Gasteiger partial charge in [0.05, 0.1) is 13.2 Å². The highest BCUT2D eigenvalue weighted by Gasteiger charge is 2.41. The molecule has 3 fully saturated rings. The van der Waals surface area contributed by atoms with Crippen LogP contribution in [-0.4, -0.2) is 84.3 Å².